The van der Waals surface area contributed by atoms with Gasteiger partial charge in [0.2, 0.25) is 11.9 Å². The second-order valence-corrected chi connectivity index (χ2v) is 8.23. The lowest BCUT2D eigenvalue weighted by Gasteiger charge is -2.22. The molecule has 1 saturated carbocycles. The number of benzene rings is 2. The molecule has 9 heteroatoms. The van der Waals surface area contributed by atoms with Crippen LogP contribution in [0.2, 0.25) is 0 Å². The van der Waals surface area contributed by atoms with E-state index in [4.69, 9.17) is 0 Å². The van der Waals surface area contributed by atoms with Crippen LogP contribution in [0.3, 0.4) is 0 Å². The summed E-state index contributed by atoms with van der Waals surface area (Å²) in [7, 11) is 0. The molecule has 2 aromatic carbocycles. The molecule has 32 heavy (non-hydrogen) atoms. The van der Waals surface area contributed by atoms with Gasteiger partial charge in [-0.1, -0.05) is 37.1 Å². The predicted molar refractivity (Wildman–Crippen MR) is 113 cm³/mol. The van der Waals surface area contributed by atoms with E-state index >= 15 is 0 Å². The van der Waals surface area contributed by atoms with Crippen LogP contribution in [0.5, 0.6) is 0 Å². The first kappa shape index (κ1) is 20.5. The third-order valence-electron chi connectivity index (χ3n) is 6.20. The zero-order chi connectivity index (χ0) is 22.5. The van der Waals surface area contributed by atoms with Crippen LogP contribution in [0, 0.1) is 0 Å². The van der Waals surface area contributed by atoms with Gasteiger partial charge in [-0.15, -0.1) is 0 Å². The standard InChI is InChI=1S/C23H21F3N4O2/c24-23(25,26)15-9-3-4-10-16(15)27-20(31)13-19-21(32)29(14-7-1-2-8-14)22-28-17-11-5-6-12-18(17)30(19)22/h3-6,9-12,14,19H,1-2,7-8,13H2,(H,27,31)/t19-/m0/s1. The van der Waals surface area contributed by atoms with Crippen molar-refractivity contribution in [1.82, 2.24) is 9.55 Å². The number of halogens is 3. The number of amides is 2. The van der Waals surface area contributed by atoms with Gasteiger partial charge in [-0.05, 0) is 37.1 Å². The third kappa shape index (κ3) is 3.41. The number of aromatic nitrogens is 2. The molecule has 1 aliphatic heterocycles. The lowest BCUT2D eigenvalue weighted by Crippen LogP contribution is -2.38. The van der Waals surface area contributed by atoms with Crippen molar-refractivity contribution in [2.24, 2.45) is 0 Å². The van der Waals surface area contributed by atoms with Crippen LogP contribution in [0.1, 0.15) is 43.7 Å². The number of fused-ring (bicyclic) bond motifs is 3. The van der Waals surface area contributed by atoms with E-state index < -0.39 is 23.7 Å². The van der Waals surface area contributed by atoms with E-state index in [-0.39, 0.29) is 24.1 Å². The Kier molecular flexibility index (Phi) is 4.91. The molecule has 2 aliphatic rings. The molecule has 0 spiro atoms. The molecular weight excluding hydrogens is 421 g/mol. The van der Waals surface area contributed by atoms with E-state index in [2.05, 4.69) is 10.3 Å². The Morgan fingerprint density at radius 3 is 2.50 bits per heavy atom. The molecule has 1 N–H and O–H groups in total. The predicted octanol–water partition coefficient (Wildman–Crippen LogP) is 4.91. The van der Waals surface area contributed by atoms with Crippen LogP contribution in [0.15, 0.2) is 48.5 Å². The molecule has 0 bridgehead atoms. The van der Waals surface area contributed by atoms with Crippen molar-refractivity contribution in [3.63, 3.8) is 0 Å². The second kappa shape index (κ2) is 7.65. The van der Waals surface area contributed by atoms with Gasteiger partial charge in [0, 0.05) is 6.04 Å². The summed E-state index contributed by atoms with van der Waals surface area (Å²) in [6.07, 6.45) is -1.09. The van der Waals surface area contributed by atoms with E-state index in [1.807, 2.05) is 24.3 Å². The summed E-state index contributed by atoms with van der Waals surface area (Å²) in [5, 5.41) is 2.36. The minimum atomic E-state index is -4.60. The van der Waals surface area contributed by atoms with E-state index in [9.17, 15) is 22.8 Å². The van der Waals surface area contributed by atoms with Crippen molar-refractivity contribution in [2.75, 3.05) is 10.2 Å². The number of anilines is 2. The fraction of sp³-hybridized carbons (Fsp3) is 0.348. The highest BCUT2D eigenvalue weighted by Crippen LogP contribution is 2.41. The summed E-state index contributed by atoms with van der Waals surface area (Å²) in [5.74, 6) is -0.377. The maximum atomic E-state index is 13.4. The van der Waals surface area contributed by atoms with Gasteiger partial charge < -0.3 is 5.32 Å². The van der Waals surface area contributed by atoms with Gasteiger partial charge in [0.15, 0.2) is 0 Å². The van der Waals surface area contributed by atoms with Crippen molar-refractivity contribution in [3.05, 3.63) is 54.1 Å². The Balaban J connectivity index is 1.47. The first-order chi connectivity index (χ1) is 15.3. The average molecular weight is 442 g/mol. The number of hydrogen-bond donors (Lipinski definition) is 1. The average Bonchev–Trinajstić information content (AvgIpc) is 3.45. The highest BCUT2D eigenvalue weighted by molar-refractivity contribution is 6.05. The summed E-state index contributed by atoms with van der Waals surface area (Å²) in [4.78, 5) is 32.5. The smallest absolute Gasteiger partial charge is 0.325 e. The summed E-state index contributed by atoms with van der Waals surface area (Å²) in [5.41, 5.74) is 0.196. The second-order valence-electron chi connectivity index (χ2n) is 8.23. The van der Waals surface area contributed by atoms with Crippen LogP contribution < -0.4 is 10.2 Å². The van der Waals surface area contributed by atoms with E-state index in [0.29, 0.717) is 11.5 Å². The quantitative estimate of drug-likeness (QED) is 0.624. The molecule has 3 aromatic rings. The van der Waals surface area contributed by atoms with E-state index in [0.717, 1.165) is 37.3 Å². The third-order valence-corrected chi connectivity index (χ3v) is 6.20. The monoisotopic (exact) mass is 442 g/mol. The Morgan fingerprint density at radius 2 is 1.75 bits per heavy atom. The molecule has 166 valence electrons. The number of carbonyl (C=O) groups excluding carboxylic acids is 2. The molecule has 0 saturated heterocycles. The lowest BCUT2D eigenvalue weighted by atomic mass is 10.1. The van der Waals surface area contributed by atoms with Crippen LogP contribution in [-0.2, 0) is 15.8 Å². The molecule has 2 heterocycles. The highest BCUT2D eigenvalue weighted by atomic mass is 19.4. The number of para-hydroxylation sites is 3. The molecule has 6 nitrogen and oxygen atoms in total. The number of rotatable bonds is 4. The number of carbonyl (C=O) groups is 2. The van der Waals surface area contributed by atoms with Crippen LogP contribution in [-0.4, -0.2) is 27.4 Å². The molecule has 0 unspecified atom stereocenters. The van der Waals surface area contributed by atoms with Crippen LogP contribution in [0.25, 0.3) is 11.0 Å². The van der Waals surface area contributed by atoms with Gasteiger partial charge in [0.05, 0.1) is 28.7 Å². The number of imidazole rings is 1. The van der Waals surface area contributed by atoms with Crippen molar-refractivity contribution in [3.8, 4) is 0 Å². The zero-order valence-electron chi connectivity index (χ0n) is 17.1. The fourth-order valence-electron chi connectivity index (χ4n) is 4.78. The molecule has 1 aliphatic carbocycles. The summed E-state index contributed by atoms with van der Waals surface area (Å²) >= 11 is 0. The summed E-state index contributed by atoms with van der Waals surface area (Å²) < 4.78 is 41.6. The molecular formula is C23H21F3N4O2. The molecule has 1 aromatic heterocycles. The minimum Gasteiger partial charge on any atom is -0.325 e. The number of nitrogens with one attached hydrogen (secondary N) is 1. The molecule has 2 amide bonds. The van der Waals surface area contributed by atoms with Gasteiger partial charge in [-0.3, -0.25) is 19.1 Å². The van der Waals surface area contributed by atoms with Crippen LogP contribution in [0.4, 0.5) is 24.8 Å². The zero-order valence-corrected chi connectivity index (χ0v) is 17.1. The van der Waals surface area contributed by atoms with E-state index in [1.165, 1.54) is 18.2 Å². The van der Waals surface area contributed by atoms with Gasteiger partial charge in [0.25, 0.3) is 5.91 Å². The molecule has 0 radical (unpaired) electrons. The Labute approximate surface area is 182 Å². The van der Waals surface area contributed by atoms with Crippen molar-refractivity contribution < 1.29 is 22.8 Å². The lowest BCUT2D eigenvalue weighted by molar-refractivity contribution is -0.137. The normalized spacial score (nSPS) is 19.0. The highest BCUT2D eigenvalue weighted by Gasteiger charge is 2.44. The topological polar surface area (TPSA) is 67.2 Å². The van der Waals surface area contributed by atoms with Gasteiger partial charge >= 0.3 is 6.18 Å². The van der Waals surface area contributed by atoms with Crippen molar-refractivity contribution >= 4 is 34.5 Å². The summed E-state index contributed by atoms with van der Waals surface area (Å²) in [6, 6.07) is 11.3. The van der Waals surface area contributed by atoms with Gasteiger partial charge in [-0.25, -0.2) is 4.98 Å². The van der Waals surface area contributed by atoms with Crippen molar-refractivity contribution in [1.29, 1.82) is 0 Å². The van der Waals surface area contributed by atoms with Crippen molar-refractivity contribution in [2.45, 2.75) is 50.4 Å². The minimum absolute atomic E-state index is 0.0251. The molecule has 1 fully saturated rings. The SMILES string of the molecule is O=C(C[C@H]1C(=O)N(C2CCCC2)c2nc3ccccc3n21)Nc1ccccc1C(F)(F)F. The Morgan fingerprint density at radius 1 is 1.06 bits per heavy atom. The molecule has 5 rings (SSSR count). The number of alkyl halides is 3. The largest absolute Gasteiger partial charge is 0.418 e. The van der Waals surface area contributed by atoms with E-state index in [1.54, 1.807) is 9.47 Å². The van der Waals surface area contributed by atoms with Crippen LogP contribution >= 0.6 is 0 Å². The summed E-state index contributed by atoms with van der Waals surface area (Å²) in [6.45, 7) is 0. The first-order valence-electron chi connectivity index (χ1n) is 10.6. The van der Waals surface area contributed by atoms with Gasteiger partial charge in [-0.2, -0.15) is 13.2 Å². The first-order valence-corrected chi connectivity index (χ1v) is 10.6. The maximum Gasteiger partial charge on any atom is 0.418 e. The number of hydrogen-bond acceptors (Lipinski definition) is 3. The fourth-order valence-corrected chi connectivity index (χ4v) is 4.78. The number of nitrogens with zero attached hydrogens (tertiary/aromatic N) is 3. The Hall–Kier alpha value is -3.36. The molecule has 1 atom stereocenters. The Bertz CT molecular complexity index is 1200. The van der Waals surface area contributed by atoms with Gasteiger partial charge in [0.1, 0.15) is 6.04 Å². The maximum absolute atomic E-state index is 13.4.